The molecule has 0 aromatic carbocycles. The van der Waals surface area contributed by atoms with E-state index in [0.717, 1.165) is 12.8 Å². The molecule has 6 heteroatoms. The Balaban J connectivity index is 2.47. The van der Waals surface area contributed by atoms with E-state index in [-0.39, 0.29) is 18.0 Å². The fourth-order valence-corrected chi connectivity index (χ4v) is 1.37. The van der Waals surface area contributed by atoms with Crippen LogP contribution in [0.1, 0.15) is 26.7 Å². The van der Waals surface area contributed by atoms with Crippen LogP contribution < -0.4 is 10.6 Å². The number of guanidine groups is 1. The van der Waals surface area contributed by atoms with Crippen molar-refractivity contribution < 1.29 is 14.7 Å². The van der Waals surface area contributed by atoms with E-state index >= 15 is 0 Å². The molecule has 0 spiro atoms. The smallest absolute Gasteiger partial charge is 0.316 e. The zero-order valence-corrected chi connectivity index (χ0v) is 9.54. The highest BCUT2D eigenvalue weighted by molar-refractivity contribution is 6.45. The lowest BCUT2D eigenvalue weighted by Gasteiger charge is -2.21. The fraction of sp³-hybridized carbons (Fsp3) is 0.700. The number of nitrogens with zero attached hydrogens (tertiary/aromatic N) is 1. The molecule has 1 rings (SSSR count). The topological polar surface area (TPSA) is 90.8 Å². The van der Waals surface area contributed by atoms with Gasteiger partial charge >= 0.3 is 11.8 Å². The van der Waals surface area contributed by atoms with Gasteiger partial charge < -0.3 is 5.11 Å². The first-order chi connectivity index (χ1) is 7.44. The van der Waals surface area contributed by atoms with E-state index in [4.69, 9.17) is 5.11 Å². The number of amides is 2. The summed E-state index contributed by atoms with van der Waals surface area (Å²) in [5, 5.41) is 13.4. The van der Waals surface area contributed by atoms with Crippen molar-refractivity contribution in [3.8, 4) is 0 Å². The van der Waals surface area contributed by atoms with E-state index in [1.807, 2.05) is 13.8 Å². The Morgan fingerprint density at radius 1 is 1.25 bits per heavy atom. The zero-order chi connectivity index (χ0) is 12.2. The Kier molecular flexibility index (Phi) is 4.00. The van der Waals surface area contributed by atoms with Gasteiger partial charge in [0.1, 0.15) is 0 Å². The summed E-state index contributed by atoms with van der Waals surface area (Å²) in [4.78, 5) is 25.8. The largest absolute Gasteiger partial charge is 0.396 e. The van der Waals surface area contributed by atoms with Crippen molar-refractivity contribution >= 4 is 17.8 Å². The molecule has 16 heavy (non-hydrogen) atoms. The van der Waals surface area contributed by atoms with E-state index in [0.29, 0.717) is 6.54 Å². The molecule has 0 unspecified atom stereocenters. The predicted octanol–water partition coefficient (Wildman–Crippen LogP) is -0.613. The highest BCUT2D eigenvalue weighted by Gasteiger charge is 2.26. The van der Waals surface area contributed by atoms with E-state index in [1.165, 1.54) is 0 Å². The molecule has 3 N–H and O–H groups in total. The maximum absolute atomic E-state index is 10.8. The van der Waals surface area contributed by atoms with E-state index in [1.54, 1.807) is 0 Å². The fourth-order valence-electron chi connectivity index (χ4n) is 1.37. The molecule has 90 valence electrons. The Morgan fingerprint density at radius 2 is 1.81 bits per heavy atom. The molecule has 2 amide bonds. The summed E-state index contributed by atoms with van der Waals surface area (Å²) in [7, 11) is 0. The monoisotopic (exact) mass is 227 g/mol. The molecule has 1 saturated heterocycles. The third kappa shape index (κ3) is 3.62. The second-order valence-electron chi connectivity index (χ2n) is 4.56. The lowest BCUT2D eigenvalue weighted by atomic mass is 9.88. The Labute approximate surface area is 94.1 Å². The predicted molar refractivity (Wildman–Crippen MR) is 58.7 cm³/mol. The van der Waals surface area contributed by atoms with Gasteiger partial charge in [-0.05, 0) is 18.3 Å². The molecule has 0 aromatic rings. The normalized spacial score (nSPS) is 16.1. The second kappa shape index (κ2) is 5.07. The van der Waals surface area contributed by atoms with Crippen LogP contribution in [0.3, 0.4) is 0 Å². The van der Waals surface area contributed by atoms with Crippen LogP contribution in [0.25, 0.3) is 0 Å². The number of aliphatic hydroxyl groups is 1. The van der Waals surface area contributed by atoms with Crippen molar-refractivity contribution in [2.75, 3.05) is 13.2 Å². The first-order valence-corrected chi connectivity index (χ1v) is 5.22. The molecule has 0 aromatic heterocycles. The molecule has 0 bridgehead atoms. The highest BCUT2D eigenvalue weighted by atomic mass is 16.3. The van der Waals surface area contributed by atoms with Crippen molar-refractivity contribution in [1.29, 1.82) is 0 Å². The first-order valence-electron chi connectivity index (χ1n) is 5.22. The van der Waals surface area contributed by atoms with E-state index in [2.05, 4.69) is 15.6 Å². The van der Waals surface area contributed by atoms with Gasteiger partial charge in [-0.15, -0.1) is 0 Å². The van der Waals surface area contributed by atoms with Crippen molar-refractivity contribution in [2.24, 2.45) is 10.4 Å². The number of rotatable bonds is 5. The van der Waals surface area contributed by atoms with Gasteiger partial charge in [-0.2, -0.15) is 0 Å². The van der Waals surface area contributed by atoms with Crippen LogP contribution in [0.5, 0.6) is 0 Å². The molecule has 0 saturated carbocycles. The molecule has 1 heterocycles. The van der Waals surface area contributed by atoms with Crippen LogP contribution in [0.2, 0.25) is 0 Å². The first kappa shape index (κ1) is 12.6. The summed E-state index contributed by atoms with van der Waals surface area (Å²) in [5.74, 6) is -1.13. The number of aliphatic hydroxyl groups excluding tert-OH is 1. The van der Waals surface area contributed by atoms with Crippen LogP contribution in [0, 0.1) is 5.41 Å². The molecule has 1 fully saturated rings. The Morgan fingerprint density at radius 3 is 2.31 bits per heavy atom. The third-order valence-corrected chi connectivity index (χ3v) is 2.35. The van der Waals surface area contributed by atoms with Gasteiger partial charge in [0.15, 0.2) is 0 Å². The van der Waals surface area contributed by atoms with E-state index in [9.17, 15) is 9.59 Å². The number of hydrogen-bond acceptors (Lipinski definition) is 4. The summed E-state index contributed by atoms with van der Waals surface area (Å²) in [6.07, 6.45) is 1.55. The molecular formula is C10H17N3O3. The number of hydrogen-bond donors (Lipinski definition) is 3. The molecule has 1 aliphatic heterocycles. The molecule has 6 nitrogen and oxygen atoms in total. The van der Waals surface area contributed by atoms with Crippen LogP contribution in [0.15, 0.2) is 4.99 Å². The van der Waals surface area contributed by atoms with Gasteiger partial charge in [0, 0.05) is 13.2 Å². The average Bonchev–Trinajstić information content (AvgIpc) is 2.53. The van der Waals surface area contributed by atoms with Crippen LogP contribution in [-0.2, 0) is 9.59 Å². The second-order valence-corrected chi connectivity index (χ2v) is 4.56. The van der Waals surface area contributed by atoms with Gasteiger partial charge in [-0.25, -0.2) is 0 Å². The van der Waals surface area contributed by atoms with Crippen molar-refractivity contribution in [3.63, 3.8) is 0 Å². The van der Waals surface area contributed by atoms with Crippen LogP contribution in [-0.4, -0.2) is 36.0 Å². The van der Waals surface area contributed by atoms with Crippen molar-refractivity contribution in [1.82, 2.24) is 10.6 Å². The standard InChI is InChI=1S/C10H17N3O3/c1-10(2,4-3-5-14)6-11-9-12-7(15)8(16)13-9/h14H,3-6H2,1-2H3,(H2,11,12,13,15,16). The number of carbonyl (C=O) groups excluding carboxylic acids is 2. The highest BCUT2D eigenvalue weighted by Crippen LogP contribution is 2.22. The minimum Gasteiger partial charge on any atom is -0.396 e. The van der Waals surface area contributed by atoms with Gasteiger partial charge in [0.05, 0.1) is 0 Å². The lowest BCUT2D eigenvalue weighted by molar-refractivity contribution is -0.135. The zero-order valence-electron chi connectivity index (χ0n) is 9.54. The summed E-state index contributed by atoms with van der Waals surface area (Å²) in [6.45, 7) is 4.69. The average molecular weight is 227 g/mol. The minimum atomic E-state index is -0.674. The molecule has 0 radical (unpaired) electrons. The Hall–Kier alpha value is -1.43. The van der Waals surface area contributed by atoms with Crippen LogP contribution in [0.4, 0.5) is 0 Å². The quantitative estimate of drug-likeness (QED) is 0.547. The summed E-state index contributed by atoms with van der Waals surface area (Å²) in [5.41, 5.74) is -0.0617. The SMILES string of the molecule is CC(C)(CCCO)CN=C1NC(=O)C(=O)N1. The molecule has 0 aliphatic carbocycles. The van der Waals surface area contributed by atoms with Gasteiger partial charge in [0.2, 0.25) is 5.96 Å². The molecule has 1 aliphatic rings. The van der Waals surface area contributed by atoms with Gasteiger partial charge in [-0.1, -0.05) is 13.8 Å². The maximum Gasteiger partial charge on any atom is 0.316 e. The van der Waals surface area contributed by atoms with Gasteiger partial charge in [0.25, 0.3) is 0 Å². The lowest BCUT2D eigenvalue weighted by Crippen LogP contribution is -2.28. The van der Waals surface area contributed by atoms with Crippen LogP contribution >= 0.6 is 0 Å². The summed E-state index contributed by atoms with van der Waals surface area (Å²) >= 11 is 0. The molecule has 0 atom stereocenters. The third-order valence-electron chi connectivity index (χ3n) is 2.35. The Bertz CT molecular complexity index is 305. The van der Waals surface area contributed by atoms with Crippen molar-refractivity contribution in [2.45, 2.75) is 26.7 Å². The summed E-state index contributed by atoms with van der Waals surface area (Å²) < 4.78 is 0. The number of nitrogens with one attached hydrogen (secondary N) is 2. The molecular weight excluding hydrogens is 210 g/mol. The number of carbonyl (C=O) groups is 2. The minimum absolute atomic E-state index is 0.0617. The number of aliphatic imine (C=N–C) groups is 1. The van der Waals surface area contributed by atoms with E-state index < -0.39 is 11.8 Å². The summed E-state index contributed by atoms with van der Waals surface area (Å²) in [6, 6.07) is 0. The van der Waals surface area contributed by atoms with Crippen molar-refractivity contribution in [3.05, 3.63) is 0 Å². The maximum atomic E-state index is 10.8. The van der Waals surface area contributed by atoms with Gasteiger partial charge in [-0.3, -0.25) is 25.2 Å².